The third kappa shape index (κ3) is 3.02. The average Bonchev–Trinajstić information content (AvgIpc) is 2.78. The first kappa shape index (κ1) is 13.3. The molecule has 1 amide bonds. The van der Waals surface area contributed by atoms with Crippen molar-refractivity contribution >= 4 is 5.91 Å². The molecule has 2 nitrogen and oxygen atoms in total. The Morgan fingerprint density at radius 3 is 1.63 bits per heavy atom. The highest BCUT2D eigenvalue weighted by molar-refractivity contribution is 5.76. The summed E-state index contributed by atoms with van der Waals surface area (Å²) in [5, 5.41) is 0. The van der Waals surface area contributed by atoms with E-state index in [1.807, 2.05) is 0 Å². The molecule has 19 heavy (non-hydrogen) atoms. The predicted molar refractivity (Wildman–Crippen MR) is 79.1 cm³/mol. The van der Waals surface area contributed by atoms with Gasteiger partial charge in [-0.15, -0.1) is 0 Å². The van der Waals surface area contributed by atoms with E-state index in [4.69, 9.17) is 0 Å². The minimum atomic E-state index is 0.0926. The summed E-state index contributed by atoms with van der Waals surface area (Å²) < 4.78 is 0. The van der Waals surface area contributed by atoms with Gasteiger partial charge in [-0.05, 0) is 28.7 Å². The molecule has 0 fully saturated rings. The quantitative estimate of drug-likeness (QED) is 0.601. The Hall–Kier alpha value is -2.09. The van der Waals surface area contributed by atoms with E-state index >= 15 is 0 Å². The van der Waals surface area contributed by atoms with Crippen molar-refractivity contribution in [2.45, 2.75) is 13.3 Å². The number of carbonyl (C=O) groups is 1. The molecule has 0 bridgehead atoms. The number of carbonyl (C=O) groups excluding carboxylic acids is 1. The molecule has 0 aliphatic heterocycles. The van der Waals surface area contributed by atoms with Crippen molar-refractivity contribution in [2.24, 2.45) is 0 Å². The van der Waals surface area contributed by atoms with E-state index in [0.717, 1.165) is 6.42 Å². The van der Waals surface area contributed by atoms with Gasteiger partial charge < -0.3 is 4.90 Å². The van der Waals surface area contributed by atoms with Crippen LogP contribution in [-0.4, -0.2) is 24.9 Å². The third-order valence-corrected chi connectivity index (χ3v) is 3.34. The van der Waals surface area contributed by atoms with Crippen molar-refractivity contribution in [3.8, 4) is 11.1 Å². The fourth-order valence-corrected chi connectivity index (χ4v) is 2.08. The Bertz CT molecular complexity index is 544. The van der Waals surface area contributed by atoms with Crippen LogP contribution in [0.1, 0.15) is 18.1 Å². The van der Waals surface area contributed by atoms with Gasteiger partial charge in [0, 0.05) is 21.0 Å². The van der Waals surface area contributed by atoms with Gasteiger partial charge in [0.2, 0.25) is 5.91 Å². The molecule has 1 aliphatic carbocycles. The summed E-state index contributed by atoms with van der Waals surface area (Å²) in [6.07, 6.45) is 1.10. The van der Waals surface area contributed by atoms with Gasteiger partial charge in [-0.2, -0.15) is 0 Å². The normalized spacial score (nSPS) is 10.9. The van der Waals surface area contributed by atoms with E-state index < -0.39 is 0 Å². The second kappa shape index (κ2) is 5.70. The SMILES string of the molecule is CC(=O)N(C)C.c1ccc2c(c1)Cc1ccccc1-2. The maximum absolute atomic E-state index is 10.1. The molecule has 0 heterocycles. The number of hydrogen-bond donors (Lipinski definition) is 0. The fraction of sp³-hybridized carbons (Fsp3) is 0.235. The Balaban J connectivity index is 0.000000192. The number of hydrogen-bond acceptors (Lipinski definition) is 1. The lowest BCUT2D eigenvalue weighted by molar-refractivity contribution is -0.126. The highest BCUT2D eigenvalue weighted by Crippen LogP contribution is 2.35. The smallest absolute Gasteiger partial charge is 0.218 e. The zero-order valence-corrected chi connectivity index (χ0v) is 11.7. The maximum Gasteiger partial charge on any atom is 0.218 e. The second-order valence-corrected chi connectivity index (χ2v) is 4.90. The van der Waals surface area contributed by atoms with Crippen molar-refractivity contribution in [2.75, 3.05) is 14.1 Å². The molecule has 1 aliphatic rings. The summed E-state index contributed by atoms with van der Waals surface area (Å²) in [7, 11) is 3.45. The van der Waals surface area contributed by atoms with Crippen molar-refractivity contribution in [1.29, 1.82) is 0 Å². The largest absolute Gasteiger partial charge is 0.349 e. The Labute approximate surface area is 114 Å². The summed E-state index contributed by atoms with van der Waals surface area (Å²) in [4.78, 5) is 11.6. The number of nitrogens with zero attached hydrogens (tertiary/aromatic N) is 1. The van der Waals surface area contributed by atoms with E-state index in [1.165, 1.54) is 34.1 Å². The predicted octanol–water partition coefficient (Wildman–Crippen LogP) is 3.35. The summed E-state index contributed by atoms with van der Waals surface area (Å²) in [5.74, 6) is 0.0926. The summed E-state index contributed by atoms with van der Waals surface area (Å²) in [6, 6.07) is 17.3. The molecule has 2 heteroatoms. The Morgan fingerprint density at radius 2 is 1.26 bits per heavy atom. The average molecular weight is 253 g/mol. The van der Waals surface area contributed by atoms with Gasteiger partial charge in [-0.3, -0.25) is 4.79 Å². The fourth-order valence-electron chi connectivity index (χ4n) is 2.08. The molecule has 0 saturated heterocycles. The van der Waals surface area contributed by atoms with Crippen LogP contribution >= 0.6 is 0 Å². The topological polar surface area (TPSA) is 20.3 Å². The molecular formula is C17H19NO. The molecule has 0 spiro atoms. The van der Waals surface area contributed by atoms with Crippen molar-refractivity contribution < 1.29 is 4.79 Å². The zero-order valence-electron chi connectivity index (χ0n) is 11.7. The monoisotopic (exact) mass is 253 g/mol. The first-order chi connectivity index (χ1) is 9.09. The van der Waals surface area contributed by atoms with Gasteiger partial charge in [-0.1, -0.05) is 48.5 Å². The van der Waals surface area contributed by atoms with Crippen molar-refractivity contribution in [1.82, 2.24) is 4.90 Å². The second-order valence-electron chi connectivity index (χ2n) is 4.90. The highest BCUT2D eigenvalue weighted by atomic mass is 16.2. The molecule has 0 N–H and O–H groups in total. The van der Waals surface area contributed by atoms with Crippen molar-refractivity contribution in [3.63, 3.8) is 0 Å². The van der Waals surface area contributed by atoms with Gasteiger partial charge in [0.15, 0.2) is 0 Å². The van der Waals surface area contributed by atoms with Crippen LogP contribution in [0.25, 0.3) is 11.1 Å². The first-order valence-electron chi connectivity index (χ1n) is 6.43. The molecule has 0 aromatic heterocycles. The van der Waals surface area contributed by atoms with Gasteiger partial charge in [0.05, 0.1) is 0 Å². The first-order valence-corrected chi connectivity index (χ1v) is 6.43. The highest BCUT2D eigenvalue weighted by Gasteiger charge is 2.15. The van der Waals surface area contributed by atoms with Crippen LogP contribution in [0, 0.1) is 0 Å². The lowest BCUT2D eigenvalue weighted by Gasteiger charge is -2.02. The molecule has 2 aromatic rings. The molecule has 0 unspecified atom stereocenters. The summed E-state index contributed by atoms with van der Waals surface area (Å²) in [6.45, 7) is 1.53. The van der Waals surface area contributed by atoms with E-state index in [-0.39, 0.29) is 5.91 Å². The van der Waals surface area contributed by atoms with Crippen LogP contribution in [0.15, 0.2) is 48.5 Å². The Morgan fingerprint density at radius 1 is 0.895 bits per heavy atom. The third-order valence-electron chi connectivity index (χ3n) is 3.34. The van der Waals surface area contributed by atoms with Crippen LogP contribution in [-0.2, 0) is 11.2 Å². The minimum Gasteiger partial charge on any atom is -0.349 e. The summed E-state index contributed by atoms with van der Waals surface area (Å²) >= 11 is 0. The molecule has 98 valence electrons. The van der Waals surface area contributed by atoms with Crippen LogP contribution in [0.4, 0.5) is 0 Å². The number of fused-ring (bicyclic) bond motifs is 3. The van der Waals surface area contributed by atoms with Crippen LogP contribution in [0.3, 0.4) is 0 Å². The van der Waals surface area contributed by atoms with Gasteiger partial charge in [0.25, 0.3) is 0 Å². The number of benzene rings is 2. The van der Waals surface area contributed by atoms with E-state index in [2.05, 4.69) is 48.5 Å². The van der Waals surface area contributed by atoms with Crippen LogP contribution < -0.4 is 0 Å². The lowest BCUT2D eigenvalue weighted by atomic mass is 10.1. The molecule has 0 saturated carbocycles. The van der Waals surface area contributed by atoms with Gasteiger partial charge in [-0.25, -0.2) is 0 Å². The lowest BCUT2D eigenvalue weighted by Crippen LogP contribution is -2.17. The van der Waals surface area contributed by atoms with Gasteiger partial charge >= 0.3 is 0 Å². The Kier molecular flexibility index (Phi) is 4.00. The minimum absolute atomic E-state index is 0.0926. The molecule has 3 rings (SSSR count). The zero-order chi connectivity index (χ0) is 13.8. The summed E-state index contributed by atoms with van der Waals surface area (Å²) in [5.41, 5.74) is 5.75. The number of rotatable bonds is 0. The van der Waals surface area contributed by atoms with E-state index in [0.29, 0.717) is 0 Å². The molecule has 2 aromatic carbocycles. The number of amides is 1. The molecule has 0 radical (unpaired) electrons. The van der Waals surface area contributed by atoms with Crippen LogP contribution in [0.2, 0.25) is 0 Å². The van der Waals surface area contributed by atoms with Crippen LogP contribution in [0.5, 0.6) is 0 Å². The van der Waals surface area contributed by atoms with Gasteiger partial charge in [0.1, 0.15) is 0 Å². The molecular weight excluding hydrogens is 234 g/mol. The van der Waals surface area contributed by atoms with Crippen molar-refractivity contribution in [3.05, 3.63) is 59.7 Å². The van der Waals surface area contributed by atoms with E-state index in [9.17, 15) is 4.79 Å². The standard InChI is InChI=1S/C13H10.C4H9NO/c1-3-7-12-10(5-1)9-11-6-2-4-8-13(11)12;1-4(6)5(2)3/h1-8H,9H2;1-3H3. The van der Waals surface area contributed by atoms with E-state index in [1.54, 1.807) is 14.1 Å². The molecule has 0 atom stereocenters. The maximum atomic E-state index is 10.1.